The molecular formula is C19H26N6O3. The fourth-order valence-corrected chi connectivity index (χ4v) is 2.97. The molecule has 2 heterocycles. The maximum atomic E-state index is 12.6. The summed E-state index contributed by atoms with van der Waals surface area (Å²) >= 11 is 0. The van der Waals surface area contributed by atoms with E-state index in [9.17, 15) is 4.79 Å². The lowest BCUT2D eigenvalue weighted by molar-refractivity contribution is 0.208. The van der Waals surface area contributed by atoms with Gasteiger partial charge in [-0.1, -0.05) is 0 Å². The largest absolute Gasteiger partial charge is 0.497 e. The quantitative estimate of drug-likeness (QED) is 0.840. The van der Waals surface area contributed by atoms with Crippen molar-refractivity contribution in [1.82, 2.24) is 15.1 Å². The van der Waals surface area contributed by atoms with Crippen molar-refractivity contribution in [2.45, 2.75) is 0 Å². The Hall–Kier alpha value is -3.23. The SMILES string of the molecule is COc1cc(NC(=O)N2CCN(c3cc(N(C)C)cnn3)CC2)cc(OC)c1. The molecule has 0 saturated carbocycles. The van der Waals surface area contributed by atoms with Gasteiger partial charge in [0.25, 0.3) is 0 Å². The van der Waals surface area contributed by atoms with Crippen LogP contribution in [0.1, 0.15) is 0 Å². The first-order valence-corrected chi connectivity index (χ1v) is 9.04. The molecule has 0 atom stereocenters. The van der Waals surface area contributed by atoms with Crippen LogP contribution in [0.15, 0.2) is 30.5 Å². The Morgan fingerprint density at radius 1 is 1.04 bits per heavy atom. The fraction of sp³-hybridized carbons (Fsp3) is 0.421. The topological polar surface area (TPSA) is 83.1 Å². The maximum absolute atomic E-state index is 12.6. The Balaban J connectivity index is 1.60. The number of benzene rings is 1. The molecule has 28 heavy (non-hydrogen) atoms. The van der Waals surface area contributed by atoms with Crippen molar-refractivity contribution < 1.29 is 14.3 Å². The highest BCUT2D eigenvalue weighted by Crippen LogP contribution is 2.26. The molecule has 0 bridgehead atoms. The van der Waals surface area contributed by atoms with E-state index in [1.165, 1.54) is 0 Å². The third kappa shape index (κ3) is 4.54. The average Bonchev–Trinajstić information content (AvgIpc) is 2.73. The van der Waals surface area contributed by atoms with Crippen molar-refractivity contribution in [3.05, 3.63) is 30.5 Å². The number of rotatable bonds is 5. The second-order valence-electron chi connectivity index (χ2n) is 6.67. The lowest BCUT2D eigenvalue weighted by Gasteiger charge is -2.35. The molecule has 1 saturated heterocycles. The van der Waals surface area contributed by atoms with Crippen LogP contribution in [0.25, 0.3) is 0 Å². The molecule has 9 nitrogen and oxygen atoms in total. The summed E-state index contributed by atoms with van der Waals surface area (Å²) in [5, 5.41) is 11.2. The Bertz CT molecular complexity index is 799. The number of nitrogens with one attached hydrogen (secondary N) is 1. The number of urea groups is 1. The molecule has 0 spiro atoms. The van der Waals surface area contributed by atoms with Crippen molar-refractivity contribution in [3.8, 4) is 11.5 Å². The van der Waals surface area contributed by atoms with Crippen LogP contribution in [-0.2, 0) is 0 Å². The van der Waals surface area contributed by atoms with Gasteiger partial charge in [0.05, 0.1) is 26.1 Å². The van der Waals surface area contributed by atoms with E-state index >= 15 is 0 Å². The Kier molecular flexibility index (Phi) is 6.03. The van der Waals surface area contributed by atoms with Crippen molar-refractivity contribution in [2.75, 3.05) is 69.6 Å². The van der Waals surface area contributed by atoms with E-state index in [-0.39, 0.29) is 6.03 Å². The molecule has 1 aliphatic heterocycles. The smallest absolute Gasteiger partial charge is 0.321 e. The summed E-state index contributed by atoms with van der Waals surface area (Å²) in [6, 6.07) is 7.14. The minimum Gasteiger partial charge on any atom is -0.497 e. The minimum absolute atomic E-state index is 0.150. The lowest BCUT2D eigenvalue weighted by atomic mass is 10.2. The molecule has 1 N–H and O–H groups in total. The average molecular weight is 386 g/mol. The van der Waals surface area contributed by atoms with Crippen LogP contribution in [-0.4, -0.2) is 75.6 Å². The highest BCUT2D eigenvalue weighted by atomic mass is 16.5. The molecule has 0 unspecified atom stereocenters. The zero-order valence-electron chi connectivity index (χ0n) is 16.7. The zero-order chi connectivity index (χ0) is 20.1. The van der Waals surface area contributed by atoms with Crippen molar-refractivity contribution in [2.24, 2.45) is 0 Å². The third-order valence-electron chi connectivity index (χ3n) is 4.64. The van der Waals surface area contributed by atoms with Gasteiger partial charge in [-0.05, 0) is 0 Å². The Morgan fingerprint density at radius 2 is 1.68 bits per heavy atom. The molecule has 9 heteroatoms. The van der Waals surface area contributed by atoms with E-state index in [4.69, 9.17) is 9.47 Å². The van der Waals surface area contributed by atoms with Crippen molar-refractivity contribution in [3.63, 3.8) is 0 Å². The van der Waals surface area contributed by atoms with Crippen molar-refractivity contribution in [1.29, 1.82) is 0 Å². The van der Waals surface area contributed by atoms with Gasteiger partial charge in [-0.25, -0.2) is 4.79 Å². The number of hydrogen-bond acceptors (Lipinski definition) is 7. The number of anilines is 3. The number of methoxy groups -OCH3 is 2. The predicted molar refractivity (Wildman–Crippen MR) is 109 cm³/mol. The van der Waals surface area contributed by atoms with E-state index in [1.807, 2.05) is 25.1 Å². The highest BCUT2D eigenvalue weighted by Gasteiger charge is 2.22. The van der Waals surface area contributed by atoms with Crippen LogP contribution in [0, 0.1) is 0 Å². The molecule has 0 aliphatic carbocycles. The van der Waals surface area contributed by atoms with Crippen LogP contribution >= 0.6 is 0 Å². The molecule has 1 aliphatic rings. The number of amides is 2. The second-order valence-corrected chi connectivity index (χ2v) is 6.67. The molecule has 150 valence electrons. The van der Waals surface area contributed by atoms with E-state index in [2.05, 4.69) is 20.4 Å². The van der Waals surface area contributed by atoms with Gasteiger partial charge in [0.15, 0.2) is 5.82 Å². The van der Waals surface area contributed by atoms with Crippen LogP contribution in [0.5, 0.6) is 11.5 Å². The Labute approximate surface area is 164 Å². The first kappa shape index (κ1) is 19.5. The van der Waals surface area contributed by atoms with Crippen LogP contribution in [0.3, 0.4) is 0 Å². The van der Waals surface area contributed by atoms with Crippen LogP contribution in [0.2, 0.25) is 0 Å². The number of carbonyl (C=O) groups is 1. The molecule has 2 aromatic rings. The first-order chi connectivity index (χ1) is 13.5. The van der Waals surface area contributed by atoms with Gasteiger partial charge < -0.3 is 29.5 Å². The summed E-state index contributed by atoms with van der Waals surface area (Å²) in [6.07, 6.45) is 1.73. The summed E-state index contributed by atoms with van der Waals surface area (Å²) in [7, 11) is 7.09. The molecule has 1 aromatic carbocycles. The summed E-state index contributed by atoms with van der Waals surface area (Å²) in [6.45, 7) is 2.59. The summed E-state index contributed by atoms with van der Waals surface area (Å²) in [5.41, 5.74) is 1.63. The number of ether oxygens (including phenoxy) is 2. The van der Waals surface area contributed by atoms with E-state index in [0.717, 1.165) is 11.5 Å². The first-order valence-electron chi connectivity index (χ1n) is 9.04. The lowest BCUT2D eigenvalue weighted by Crippen LogP contribution is -2.50. The Morgan fingerprint density at radius 3 is 2.25 bits per heavy atom. The molecule has 1 aromatic heterocycles. The third-order valence-corrected chi connectivity index (χ3v) is 4.64. The van der Waals surface area contributed by atoms with Gasteiger partial charge in [-0.15, -0.1) is 5.10 Å². The maximum Gasteiger partial charge on any atom is 0.321 e. The van der Waals surface area contributed by atoms with Crippen molar-refractivity contribution >= 4 is 23.2 Å². The fourth-order valence-electron chi connectivity index (χ4n) is 2.97. The van der Waals surface area contributed by atoms with Gasteiger partial charge in [0.1, 0.15) is 11.5 Å². The van der Waals surface area contributed by atoms with Gasteiger partial charge in [0.2, 0.25) is 0 Å². The number of aromatic nitrogens is 2. The number of nitrogens with zero attached hydrogens (tertiary/aromatic N) is 5. The highest BCUT2D eigenvalue weighted by molar-refractivity contribution is 5.90. The molecule has 2 amide bonds. The summed E-state index contributed by atoms with van der Waals surface area (Å²) in [5.74, 6) is 2.07. The minimum atomic E-state index is -0.150. The van der Waals surface area contributed by atoms with Gasteiger partial charge in [-0.2, -0.15) is 5.10 Å². The van der Waals surface area contributed by atoms with Gasteiger partial charge in [0, 0.05) is 70.2 Å². The van der Waals surface area contributed by atoms with E-state index < -0.39 is 0 Å². The summed E-state index contributed by atoms with van der Waals surface area (Å²) in [4.78, 5) is 18.5. The summed E-state index contributed by atoms with van der Waals surface area (Å²) < 4.78 is 10.5. The predicted octanol–water partition coefficient (Wildman–Crippen LogP) is 1.91. The second kappa shape index (κ2) is 8.64. The molecule has 3 rings (SSSR count). The van der Waals surface area contributed by atoms with E-state index in [1.54, 1.807) is 43.5 Å². The monoisotopic (exact) mass is 386 g/mol. The van der Waals surface area contributed by atoms with Crippen LogP contribution in [0.4, 0.5) is 22.0 Å². The van der Waals surface area contributed by atoms with Crippen LogP contribution < -0.4 is 24.6 Å². The number of piperazine rings is 1. The van der Waals surface area contributed by atoms with Gasteiger partial charge in [-0.3, -0.25) is 0 Å². The van der Waals surface area contributed by atoms with E-state index in [0.29, 0.717) is 43.4 Å². The standard InChI is InChI=1S/C19H26N6O3/c1-23(2)15-11-18(22-20-13-15)24-5-7-25(8-6-24)19(26)21-14-9-16(27-3)12-17(10-14)28-4/h9-13H,5-8H2,1-4H3,(H,21,26). The number of hydrogen-bond donors (Lipinski definition) is 1. The molecular weight excluding hydrogens is 360 g/mol. The molecule has 1 fully saturated rings. The normalized spacial score (nSPS) is 13.9. The molecule has 0 radical (unpaired) electrons. The number of carbonyl (C=O) groups excluding carboxylic acids is 1. The van der Waals surface area contributed by atoms with Gasteiger partial charge >= 0.3 is 6.03 Å². The zero-order valence-corrected chi connectivity index (χ0v) is 16.7.